The molecule has 0 aromatic heterocycles. The number of rotatable bonds is 6. The fourth-order valence-electron chi connectivity index (χ4n) is 1.77. The molecule has 0 N–H and O–H groups in total. The Morgan fingerprint density at radius 2 is 1.79 bits per heavy atom. The highest BCUT2D eigenvalue weighted by molar-refractivity contribution is 7.92. The molecule has 19 heavy (non-hydrogen) atoms. The fourth-order valence-corrected chi connectivity index (χ4v) is 2.74. The highest BCUT2D eigenvalue weighted by Gasteiger charge is 2.15. The smallest absolute Gasteiger partial charge is 0.310 e. The lowest BCUT2D eigenvalue weighted by molar-refractivity contribution is -0.142. The Kier molecular flexibility index (Phi) is 5.35. The molecule has 1 aromatic carbocycles. The van der Waals surface area contributed by atoms with Crippen LogP contribution in [0.15, 0.2) is 24.3 Å². The molecule has 5 nitrogen and oxygen atoms in total. The van der Waals surface area contributed by atoms with Gasteiger partial charge in [0.1, 0.15) is 0 Å². The van der Waals surface area contributed by atoms with Gasteiger partial charge in [0.15, 0.2) is 0 Å². The van der Waals surface area contributed by atoms with Crippen LogP contribution < -0.4 is 4.31 Å². The van der Waals surface area contributed by atoms with Crippen LogP contribution in [0, 0.1) is 0 Å². The van der Waals surface area contributed by atoms with Gasteiger partial charge in [-0.05, 0) is 31.5 Å². The van der Waals surface area contributed by atoms with Crippen molar-refractivity contribution in [3.05, 3.63) is 29.8 Å². The van der Waals surface area contributed by atoms with E-state index in [1.54, 1.807) is 38.1 Å². The third kappa shape index (κ3) is 4.55. The number of hydrogen-bond donors (Lipinski definition) is 0. The van der Waals surface area contributed by atoms with Gasteiger partial charge in [0.2, 0.25) is 10.0 Å². The lowest BCUT2D eigenvalue weighted by atomic mass is 10.1. The lowest BCUT2D eigenvalue weighted by Gasteiger charge is -2.20. The lowest BCUT2D eigenvalue weighted by Crippen LogP contribution is -2.29. The standard InChI is InChI=1S/C13H19NO4S/c1-4-14(19(3,16)17)12-8-6-11(7-9-12)10-13(15)18-5-2/h6-9H,4-5,10H2,1-3H3. The predicted molar refractivity (Wildman–Crippen MR) is 74.6 cm³/mol. The zero-order valence-corrected chi connectivity index (χ0v) is 12.2. The van der Waals surface area contributed by atoms with Gasteiger partial charge in [-0.2, -0.15) is 0 Å². The maximum Gasteiger partial charge on any atom is 0.310 e. The van der Waals surface area contributed by atoms with E-state index < -0.39 is 10.0 Å². The second kappa shape index (κ2) is 6.56. The molecule has 0 saturated carbocycles. The van der Waals surface area contributed by atoms with Gasteiger partial charge in [0, 0.05) is 6.54 Å². The van der Waals surface area contributed by atoms with Crippen molar-refractivity contribution in [2.45, 2.75) is 20.3 Å². The minimum atomic E-state index is -3.27. The quantitative estimate of drug-likeness (QED) is 0.744. The summed E-state index contributed by atoms with van der Waals surface area (Å²) in [6.45, 7) is 4.25. The zero-order chi connectivity index (χ0) is 14.5. The minimum Gasteiger partial charge on any atom is -0.466 e. The summed E-state index contributed by atoms with van der Waals surface area (Å²) in [5, 5.41) is 0. The van der Waals surface area contributed by atoms with Crippen LogP contribution in [0.1, 0.15) is 19.4 Å². The molecule has 0 unspecified atom stereocenters. The molecule has 0 spiro atoms. The Balaban J connectivity index is 2.84. The maximum atomic E-state index is 11.6. The first-order valence-corrected chi connectivity index (χ1v) is 7.95. The zero-order valence-electron chi connectivity index (χ0n) is 11.4. The van der Waals surface area contributed by atoms with Crippen LogP contribution in [-0.4, -0.2) is 33.8 Å². The van der Waals surface area contributed by atoms with Crippen molar-refractivity contribution in [3.8, 4) is 0 Å². The van der Waals surface area contributed by atoms with E-state index in [1.807, 2.05) is 0 Å². The van der Waals surface area contributed by atoms with Crippen molar-refractivity contribution in [2.24, 2.45) is 0 Å². The molecule has 0 atom stereocenters. The van der Waals surface area contributed by atoms with E-state index in [-0.39, 0.29) is 12.4 Å². The summed E-state index contributed by atoms with van der Waals surface area (Å²) in [6.07, 6.45) is 1.36. The van der Waals surface area contributed by atoms with Crippen LogP contribution in [0.25, 0.3) is 0 Å². The summed E-state index contributed by atoms with van der Waals surface area (Å²) < 4.78 is 29.3. The second-order valence-electron chi connectivity index (χ2n) is 4.08. The molecule has 0 fully saturated rings. The van der Waals surface area contributed by atoms with Crippen LogP contribution in [0.2, 0.25) is 0 Å². The largest absolute Gasteiger partial charge is 0.466 e. The third-order valence-corrected chi connectivity index (χ3v) is 3.84. The predicted octanol–water partition coefficient (Wildman–Crippen LogP) is 1.58. The first kappa shape index (κ1) is 15.5. The number of nitrogens with zero attached hydrogens (tertiary/aromatic N) is 1. The Bertz CT molecular complexity index is 522. The summed E-state index contributed by atoms with van der Waals surface area (Å²) in [6, 6.07) is 6.86. The molecule has 106 valence electrons. The second-order valence-corrected chi connectivity index (χ2v) is 5.98. The van der Waals surface area contributed by atoms with Gasteiger partial charge < -0.3 is 4.74 Å². The summed E-state index contributed by atoms with van der Waals surface area (Å²) in [5.74, 6) is -0.286. The monoisotopic (exact) mass is 285 g/mol. The van der Waals surface area contributed by atoms with Crippen molar-refractivity contribution < 1.29 is 17.9 Å². The number of benzene rings is 1. The molecule has 1 aromatic rings. The molecular formula is C13H19NO4S. The maximum absolute atomic E-state index is 11.6. The van der Waals surface area contributed by atoms with Crippen molar-refractivity contribution in [1.82, 2.24) is 0 Å². The average Bonchev–Trinajstić information content (AvgIpc) is 2.30. The van der Waals surface area contributed by atoms with Crippen LogP contribution in [0.4, 0.5) is 5.69 Å². The average molecular weight is 285 g/mol. The van der Waals surface area contributed by atoms with Gasteiger partial charge in [-0.25, -0.2) is 8.42 Å². The van der Waals surface area contributed by atoms with E-state index in [1.165, 1.54) is 10.6 Å². The van der Waals surface area contributed by atoms with Crippen molar-refractivity contribution in [1.29, 1.82) is 0 Å². The topological polar surface area (TPSA) is 63.7 Å². The Morgan fingerprint density at radius 3 is 2.21 bits per heavy atom. The van der Waals surface area contributed by atoms with Crippen LogP contribution in [0.5, 0.6) is 0 Å². The number of sulfonamides is 1. The molecule has 0 aliphatic carbocycles. The number of hydrogen-bond acceptors (Lipinski definition) is 4. The SMILES string of the molecule is CCOC(=O)Cc1ccc(N(CC)S(C)(=O)=O)cc1. The van der Waals surface area contributed by atoms with E-state index in [9.17, 15) is 13.2 Å². The molecule has 0 saturated heterocycles. The number of carbonyl (C=O) groups is 1. The number of carbonyl (C=O) groups excluding carboxylic acids is 1. The third-order valence-electron chi connectivity index (χ3n) is 2.57. The molecular weight excluding hydrogens is 266 g/mol. The van der Waals surface area contributed by atoms with Gasteiger partial charge in [-0.15, -0.1) is 0 Å². The Hall–Kier alpha value is -1.56. The molecule has 0 bridgehead atoms. The molecule has 0 heterocycles. The normalized spacial score (nSPS) is 11.1. The van der Waals surface area contributed by atoms with E-state index in [0.717, 1.165) is 5.56 Å². The van der Waals surface area contributed by atoms with Crippen molar-refractivity contribution in [3.63, 3.8) is 0 Å². The summed E-state index contributed by atoms with van der Waals surface area (Å²) in [4.78, 5) is 11.3. The number of anilines is 1. The highest BCUT2D eigenvalue weighted by atomic mass is 32.2. The van der Waals surface area contributed by atoms with Crippen LogP contribution >= 0.6 is 0 Å². The Labute approximate surface area is 114 Å². The summed E-state index contributed by atoms with van der Waals surface area (Å²) in [7, 11) is -3.27. The van der Waals surface area contributed by atoms with Gasteiger partial charge >= 0.3 is 5.97 Å². The van der Waals surface area contributed by atoms with E-state index in [4.69, 9.17) is 4.74 Å². The van der Waals surface area contributed by atoms with Gasteiger partial charge in [-0.1, -0.05) is 12.1 Å². The van der Waals surface area contributed by atoms with Gasteiger partial charge in [0.25, 0.3) is 0 Å². The van der Waals surface area contributed by atoms with Crippen molar-refractivity contribution in [2.75, 3.05) is 23.7 Å². The summed E-state index contributed by atoms with van der Waals surface area (Å²) >= 11 is 0. The molecule has 1 rings (SSSR count). The van der Waals surface area contributed by atoms with E-state index >= 15 is 0 Å². The van der Waals surface area contributed by atoms with E-state index in [0.29, 0.717) is 18.8 Å². The van der Waals surface area contributed by atoms with Crippen LogP contribution in [-0.2, 0) is 26.0 Å². The first-order chi connectivity index (χ1) is 8.88. The highest BCUT2D eigenvalue weighted by Crippen LogP contribution is 2.18. The van der Waals surface area contributed by atoms with Crippen molar-refractivity contribution >= 4 is 21.7 Å². The molecule has 0 aliphatic heterocycles. The molecule has 0 radical (unpaired) electrons. The van der Waals surface area contributed by atoms with Gasteiger partial charge in [-0.3, -0.25) is 9.10 Å². The van der Waals surface area contributed by atoms with Gasteiger partial charge in [0.05, 0.1) is 25.0 Å². The fraction of sp³-hybridized carbons (Fsp3) is 0.462. The molecule has 0 aliphatic rings. The van der Waals surface area contributed by atoms with E-state index in [2.05, 4.69) is 0 Å². The Morgan fingerprint density at radius 1 is 1.21 bits per heavy atom. The van der Waals surface area contributed by atoms with Crippen LogP contribution in [0.3, 0.4) is 0 Å². The molecule has 6 heteroatoms. The number of ether oxygens (including phenoxy) is 1. The molecule has 0 amide bonds. The minimum absolute atomic E-state index is 0.194. The summed E-state index contributed by atoms with van der Waals surface area (Å²) in [5.41, 5.74) is 1.39. The number of esters is 1. The first-order valence-electron chi connectivity index (χ1n) is 6.10.